The molecule has 0 radical (unpaired) electrons. The van der Waals surface area contributed by atoms with Gasteiger partial charge in [-0.05, 0) is 6.07 Å². The van der Waals surface area contributed by atoms with Crippen molar-refractivity contribution in [3.8, 4) is 0 Å². The monoisotopic (exact) mass is 327 g/mol. The summed E-state index contributed by atoms with van der Waals surface area (Å²) in [5.41, 5.74) is 4.31. The molecule has 0 saturated carbocycles. The zero-order valence-electron chi connectivity index (χ0n) is 10.3. The molecule has 3 heterocycles. The van der Waals surface area contributed by atoms with E-state index in [4.69, 9.17) is 29.0 Å². The summed E-state index contributed by atoms with van der Waals surface area (Å²) in [5, 5.41) is 2.97. The SMILES string of the molecule is NNC(Cc1cn2ccsc2n1)c1ncc(Cl)cc1Cl. The number of halogens is 2. The third kappa shape index (κ3) is 2.65. The van der Waals surface area contributed by atoms with Gasteiger partial charge in [-0.2, -0.15) is 0 Å². The van der Waals surface area contributed by atoms with Crippen LogP contribution in [0.3, 0.4) is 0 Å². The van der Waals surface area contributed by atoms with Crippen LogP contribution in [-0.4, -0.2) is 14.4 Å². The molecule has 5 nitrogen and oxygen atoms in total. The summed E-state index contributed by atoms with van der Waals surface area (Å²) in [4.78, 5) is 9.72. The number of hydrogen-bond donors (Lipinski definition) is 2. The van der Waals surface area contributed by atoms with Crippen LogP contribution in [0, 0.1) is 0 Å². The molecule has 0 aromatic carbocycles. The molecule has 0 amide bonds. The number of rotatable bonds is 4. The molecule has 0 bridgehead atoms. The third-order valence-electron chi connectivity index (χ3n) is 2.92. The highest BCUT2D eigenvalue weighted by Gasteiger charge is 2.17. The van der Waals surface area contributed by atoms with Crippen LogP contribution in [0.1, 0.15) is 17.4 Å². The summed E-state index contributed by atoms with van der Waals surface area (Å²) in [6, 6.07) is 1.44. The molecule has 104 valence electrons. The van der Waals surface area contributed by atoms with Gasteiger partial charge in [-0.25, -0.2) is 4.98 Å². The first-order valence-electron chi connectivity index (χ1n) is 5.85. The van der Waals surface area contributed by atoms with Crippen molar-refractivity contribution in [2.45, 2.75) is 12.5 Å². The highest BCUT2D eigenvalue weighted by Crippen LogP contribution is 2.26. The minimum Gasteiger partial charge on any atom is -0.297 e. The Hall–Kier alpha value is -1.18. The number of thiazole rings is 1. The Balaban J connectivity index is 1.88. The zero-order valence-corrected chi connectivity index (χ0v) is 12.6. The Labute approximate surface area is 129 Å². The fourth-order valence-electron chi connectivity index (χ4n) is 2.00. The maximum absolute atomic E-state index is 6.16. The van der Waals surface area contributed by atoms with Gasteiger partial charge < -0.3 is 0 Å². The van der Waals surface area contributed by atoms with E-state index in [0.29, 0.717) is 22.2 Å². The molecular weight excluding hydrogens is 317 g/mol. The molecule has 0 spiro atoms. The van der Waals surface area contributed by atoms with E-state index in [1.165, 1.54) is 0 Å². The lowest BCUT2D eigenvalue weighted by atomic mass is 10.1. The van der Waals surface area contributed by atoms with E-state index in [9.17, 15) is 0 Å². The lowest BCUT2D eigenvalue weighted by Gasteiger charge is -2.15. The van der Waals surface area contributed by atoms with Gasteiger partial charge in [0.1, 0.15) is 0 Å². The van der Waals surface area contributed by atoms with E-state index in [1.54, 1.807) is 23.6 Å². The highest BCUT2D eigenvalue weighted by molar-refractivity contribution is 7.15. The maximum Gasteiger partial charge on any atom is 0.193 e. The van der Waals surface area contributed by atoms with Gasteiger partial charge >= 0.3 is 0 Å². The van der Waals surface area contributed by atoms with Gasteiger partial charge in [0, 0.05) is 30.4 Å². The van der Waals surface area contributed by atoms with E-state index in [0.717, 1.165) is 10.7 Å². The van der Waals surface area contributed by atoms with Crippen LogP contribution in [0.15, 0.2) is 30.0 Å². The van der Waals surface area contributed by atoms with Crippen molar-refractivity contribution in [2.75, 3.05) is 0 Å². The first kappa shape index (κ1) is 13.8. The van der Waals surface area contributed by atoms with E-state index in [2.05, 4.69) is 15.4 Å². The van der Waals surface area contributed by atoms with E-state index in [-0.39, 0.29) is 6.04 Å². The Bertz CT molecular complexity index is 710. The molecule has 8 heteroatoms. The second kappa shape index (κ2) is 5.67. The minimum absolute atomic E-state index is 0.218. The summed E-state index contributed by atoms with van der Waals surface area (Å²) < 4.78 is 1.98. The summed E-state index contributed by atoms with van der Waals surface area (Å²) in [5.74, 6) is 5.62. The largest absolute Gasteiger partial charge is 0.297 e. The molecule has 0 aliphatic heterocycles. The first-order chi connectivity index (χ1) is 9.67. The Morgan fingerprint density at radius 3 is 3.00 bits per heavy atom. The van der Waals surface area contributed by atoms with Gasteiger partial charge in [-0.3, -0.25) is 20.7 Å². The van der Waals surface area contributed by atoms with Gasteiger partial charge in [0.15, 0.2) is 4.96 Å². The third-order valence-corrected chi connectivity index (χ3v) is 4.20. The smallest absolute Gasteiger partial charge is 0.193 e. The average Bonchev–Trinajstić information content (AvgIpc) is 2.97. The maximum atomic E-state index is 6.16. The lowest BCUT2D eigenvalue weighted by Crippen LogP contribution is -2.30. The Morgan fingerprint density at radius 1 is 1.45 bits per heavy atom. The standard InChI is InChI=1S/C12H11Cl2N5S/c13-7-3-9(14)11(16-5-7)10(18-15)4-8-6-19-1-2-20-12(19)17-8/h1-3,5-6,10,18H,4,15H2. The molecule has 20 heavy (non-hydrogen) atoms. The molecular formula is C12H11Cl2N5S. The van der Waals surface area contributed by atoms with Gasteiger partial charge in [0.2, 0.25) is 0 Å². The van der Waals surface area contributed by atoms with E-state index >= 15 is 0 Å². The molecule has 3 rings (SSSR count). The van der Waals surface area contributed by atoms with Crippen molar-refractivity contribution < 1.29 is 0 Å². The van der Waals surface area contributed by atoms with Crippen LogP contribution in [0.4, 0.5) is 0 Å². The van der Waals surface area contributed by atoms with E-state index in [1.807, 2.05) is 22.2 Å². The molecule has 0 saturated heterocycles. The molecule has 3 aromatic heterocycles. The number of nitrogens with two attached hydrogens (primary N) is 1. The molecule has 0 aliphatic carbocycles. The summed E-state index contributed by atoms with van der Waals surface area (Å²) in [6.07, 6.45) is 6.09. The van der Waals surface area contributed by atoms with Crippen molar-refractivity contribution in [1.82, 2.24) is 19.8 Å². The van der Waals surface area contributed by atoms with Crippen molar-refractivity contribution in [3.05, 3.63) is 51.5 Å². The molecule has 0 aliphatic rings. The number of pyridine rings is 1. The quantitative estimate of drug-likeness (QED) is 0.571. The van der Waals surface area contributed by atoms with Crippen LogP contribution in [0.5, 0.6) is 0 Å². The number of hydrogen-bond acceptors (Lipinski definition) is 5. The average molecular weight is 328 g/mol. The van der Waals surface area contributed by atoms with Crippen molar-refractivity contribution in [1.29, 1.82) is 0 Å². The summed E-state index contributed by atoms with van der Waals surface area (Å²) in [7, 11) is 0. The molecule has 0 fully saturated rings. The lowest BCUT2D eigenvalue weighted by molar-refractivity contribution is 0.534. The van der Waals surface area contributed by atoms with Gasteiger partial charge in [-0.1, -0.05) is 23.2 Å². The minimum atomic E-state index is -0.218. The second-order valence-electron chi connectivity index (χ2n) is 4.27. The predicted octanol–water partition coefficient (Wildman–Crippen LogP) is 2.84. The molecule has 1 unspecified atom stereocenters. The van der Waals surface area contributed by atoms with Gasteiger partial charge in [0.05, 0.1) is 27.5 Å². The van der Waals surface area contributed by atoms with Crippen LogP contribution in [0.2, 0.25) is 10.0 Å². The van der Waals surface area contributed by atoms with Gasteiger partial charge in [-0.15, -0.1) is 11.3 Å². The fourth-order valence-corrected chi connectivity index (χ4v) is 3.23. The predicted molar refractivity (Wildman–Crippen MR) is 81.1 cm³/mol. The van der Waals surface area contributed by atoms with E-state index < -0.39 is 0 Å². The number of fused-ring (bicyclic) bond motifs is 1. The van der Waals surface area contributed by atoms with Crippen LogP contribution in [-0.2, 0) is 6.42 Å². The first-order valence-corrected chi connectivity index (χ1v) is 7.49. The molecule has 3 aromatic rings. The Kier molecular flexibility index (Phi) is 3.91. The topological polar surface area (TPSA) is 68.2 Å². The number of imidazole rings is 1. The number of nitrogens with one attached hydrogen (secondary N) is 1. The van der Waals surface area contributed by atoms with Crippen LogP contribution < -0.4 is 11.3 Å². The fraction of sp³-hybridized carbons (Fsp3) is 0.167. The number of nitrogens with zero attached hydrogens (tertiary/aromatic N) is 3. The van der Waals surface area contributed by atoms with Crippen molar-refractivity contribution in [3.63, 3.8) is 0 Å². The summed E-state index contributed by atoms with van der Waals surface area (Å²) in [6.45, 7) is 0. The normalized spacial score (nSPS) is 12.9. The van der Waals surface area contributed by atoms with Crippen LogP contribution in [0.25, 0.3) is 4.96 Å². The van der Waals surface area contributed by atoms with Crippen LogP contribution >= 0.6 is 34.5 Å². The number of aromatic nitrogens is 3. The Morgan fingerprint density at radius 2 is 2.30 bits per heavy atom. The number of hydrazine groups is 1. The second-order valence-corrected chi connectivity index (χ2v) is 5.99. The van der Waals surface area contributed by atoms with Crippen molar-refractivity contribution in [2.24, 2.45) is 5.84 Å². The molecule has 3 N–H and O–H groups in total. The van der Waals surface area contributed by atoms with Gasteiger partial charge in [0.25, 0.3) is 0 Å². The molecule has 1 atom stereocenters. The van der Waals surface area contributed by atoms with Crippen molar-refractivity contribution >= 4 is 39.5 Å². The highest BCUT2D eigenvalue weighted by atomic mass is 35.5. The summed E-state index contributed by atoms with van der Waals surface area (Å²) >= 11 is 13.6. The zero-order chi connectivity index (χ0) is 14.1.